The molecule has 0 heterocycles. The van der Waals surface area contributed by atoms with E-state index in [-0.39, 0.29) is 87.4 Å². The summed E-state index contributed by atoms with van der Waals surface area (Å²) < 4.78 is 130. The molecule has 24 N–H and O–H groups in total. The Morgan fingerprint density at radius 2 is 0.520 bits per heavy atom. The molecule has 0 saturated heterocycles. The fourth-order valence-electron chi connectivity index (χ4n) is 11.6. The van der Waals surface area contributed by atoms with Gasteiger partial charge in [0.2, 0.25) is 0 Å². The van der Waals surface area contributed by atoms with E-state index in [0.717, 1.165) is 212 Å². The number of hydrogen-bond donors (Lipinski definition) is 12. The van der Waals surface area contributed by atoms with E-state index in [9.17, 15) is 0 Å². The van der Waals surface area contributed by atoms with E-state index < -0.39 is 0 Å². The molecule has 0 bridgehead atoms. The summed E-state index contributed by atoms with van der Waals surface area (Å²) in [5.74, 6) is -0.189. The molecular formula is C112H242N12O24. The molecule has 36 nitrogen and oxygen atoms in total. The lowest BCUT2D eigenvalue weighted by Crippen LogP contribution is -2.39. The number of hydrogen-bond acceptors (Lipinski definition) is 36. The second kappa shape index (κ2) is 134. The molecular weight excluding hydrogens is 1900 g/mol. The van der Waals surface area contributed by atoms with Gasteiger partial charge in [0.1, 0.15) is 20.4 Å². The predicted molar refractivity (Wildman–Crippen MR) is 609 cm³/mol. The van der Waals surface area contributed by atoms with E-state index >= 15 is 0 Å². The average molecular weight is 2140 g/mol. The van der Waals surface area contributed by atoms with Gasteiger partial charge in [-0.15, -0.1) is 0 Å². The number of ether oxygens (including phenoxy) is 24. The fraction of sp³-hybridized carbons (Fsp3) is 0.893. The van der Waals surface area contributed by atoms with Crippen molar-refractivity contribution in [2.45, 2.75) is 420 Å². The third-order valence-electron chi connectivity index (χ3n) is 20.2. The average Bonchev–Trinajstić information content (AvgIpc) is 1.55. The zero-order valence-corrected chi connectivity index (χ0v) is 98.0. The van der Waals surface area contributed by atoms with Crippen molar-refractivity contribution in [2.24, 2.45) is 74.7 Å². The lowest BCUT2D eigenvalue weighted by molar-refractivity contribution is -0.251. The van der Waals surface area contributed by atoms with Crippen LogP contribution in [0.4, 0.5) is 0 Å². The predicted octanol–water partition coefficient (Wildman–Crippen LogP) is 18.1. The largest absolute Gasteiger partial charge is 0.355 e. The van der Waals surface area contributed by atoms with E-state index in [1.807, 2.05) is 116 Å². The van der Waals surface area contributed by atoms with Gasteiger partial charge in [-0.05, 0) is 210 Å². The Labute approximate surface area is 906 Å². The van der Waals surface area contributed by atoms with Crippen molar-refractivity contribution in [1.29, 1.82) is 0 Å². The molecule has 4 rings (SSSR count). The molecule has 2 fully saturated rings. The van der Waals surface area contributed by atoms with Crippen LogP contribution in [-0.4, -0.2) is 298 Å². The van der Waals surface area contributed by atoms with Gasteiger partial charge < -0.3 is 182 Å². The van der Waals surface area contributed by atoms with Gasteiger partial charge in [0.25, 0.3) is 0 Å². The van der Waals surface area contributed by atoms with Crippen LogP contribution in [0, 0.1) is 5.92 Å². The van der Waals surface area contributed by atoms with E-state index in [1.165, 1.54) is 38.5 Å². The minimum absolute atomic E-state index is 0. The van der Waals surface area contributed by atoms with Gasteiger partial charge in [-0.2, -0.15) is 0 Å². The molecule has 0 amide bonds. The molecule has 0 spiro atoms. The summed E-state index contributed by atoms with van der Waals surface area (Å²) in [6, 6.07) is 20.0. The minimum Gasteiger partial charge on any atom is -0.355 e. The van der Waals surface area contributed by atoms with Crippen LogP contribution in [0.2, 0.25) is 0 Å². The van der Waals surface area contributed by atoms with Crippen molar-refractivity contribution in [3.05, 3.63) is 71.8 Å². The van der Waals surface area contributed by atoms with Gasteiger partial charge in [-0.3, -0.25) is 0 Å². The van der Waals surface area contributed by atoms with Crippen LogP contribution in [-0.2, 0) is 114 Å². The quantitative estimate of drug-likeness (QED) is 0.0216. The van der Waals surface area contributed by atoms with E-state index in [1.54, 1.807) is 0 Å². The molecule has 2 aromatic carbocycles. The van der Waals surface area contributed by atoms with E-state index in [4.69, 9.17) is 182 Å². The maximum atomic E-state index is 5.84. The van der Waals surface area contributed by atoms with Gasteiger partial charge in [0.15, 0.2) is 55.6 Å². The minimum atomic E-state index is -0.298. The summed E-state index contributed by atoms with van der Waals surface area (Å²) in [4.78, 5) is 0. The fourth-order valence-corrected chi connectivity index (χ4v) is 11.6. The van der Waals surface area contributed by atoms with Crippen molar-refractivity contribution in [2.75, 3.05) is 231 Å². The summed E-state index contributed by atoms with van der Waals surface area (Å²) in [6.45, 7) is 67.1. The molecule has 0 aromatic heterocycles. The van der Waals surface area contributed by atoms with Crippen LogP contribution < -0.4 is 68.8 Å². The Bertz CT molecular complexity index is 2540. The molecule has 894 valence electrons. The Balaban J connectivity index is -0.000000204. The Kier molecular flexibility index (Phi) is 148. The third kappa shape index (κ3) is 123. The van der Waals surface area contributed by atoms with E-state index in [2.05, 4.69) is 96.9 Å². The zero-order valence-electron chi connectivity index (χ0n) is 98.0. The number of benzene rings is 2. The van der Waals surface area contributed by atoms with Gasteiger partial charge >= 0.3 is 0 Å². The SMILES string of the molecule is C.CCC(C)OC(C)OC(C)CN.CCC(C)OCOC(C)CN.CCCCOC(C)OCCCN.CCCCOC(OCCCN)c1ccccc1.CCCCOCOCCCN.CCCOC(C)OCCCN.CCCOC(C)OCCN.CCCOC(OCCN)C(C)C.CCCOC(OCCN)c1ccccc1.CCCOC1(OCCN)CCCC1.CCCOC1(OCCN)CCCCC1.CCCOCOCCN. The van der Waals surface area contributed by atoms with E-state index in [0.29, 0.717) is 178 Å². The highest BCUT2D eigenvalue weighted by Gasteiger charge is 2.36. The molecule has 2 aliphatic rings. The van der Waals surface area contributed by atoms with Crippen molar-refractivity contribution >= 4 is 0 Å². The molecule has 11 unspecified atom stereocenters. The molecule has 2 aromatic rings. The van der Waals surface area contributed by atoms with Gasteiger partial charge in [-0.1, -0.05) is 191 Å². The first-order valence-electron chi connectivity index (χ1n) is 56.5. The standard InChI is InChI=1S/C14H23NO2.C12H19NO2.C11H23NO2.C10H21NO2.3C9H21NO2.3C8H19NO2.C7H17NO2.C6H15NO2.CH4/c1-2-3-11-16-14(17-12-7-10-15)13-8-5-4-6-9-13;1-2-9-14-12(15-10-8-13)11-6-4-3-5-7-11;1-2-9-13-11(14-10-8-12)6-4-3-5-7-11;1-2-8-12-10(13-9-7-11)5-3-4-6-10;1-5-7(2)11-9(4)12-8(3)6-10;1-4-6-11-9(8(2)3)12-7-5-10;1-3-4-7-11-9(2)12-8-5-6-10;1-4-7(2)10-6-11-8(3)5-9;1-3-6-10-8(2)11-7-4-5-9;1-2-3-6-10-8-11-7-4-5-9;1-3-5-9-7(2)10-6-4-8;1-2-4-8-6-9-5-3-7;/h4-6,8-9,14H,2-3,7,10-12,15H2,1H3;3-7,12H,2,8-10,13H2,1H3;2-10,12H2,1H3;2-9,11H2,1H3;7-9H,5-6,10H2,1-4H3;8-9H,4-7,10H2,1-3H3;9H,3-8,10H2,1-2H3;7-8H,4-6,9H2,1-3H3;8H,3-7,9H2,1-2H3;2-9H2,1H3;7H,3-6,8H2,1-2H3;2-7H2,1H3;1H4. The van der Waals surface area contributed by atoms with Crippen molar-refractivity contribution in [3.63, 3.8) is 0 Å². The highest BCUT2D eigenvalue weighted by atomic mass is 16.7. The van der Waals surface area contributed by atoms with Crippen LogP contribution >= 0.6 is 0 Å². The van der Waals surface area contributed by atoms with Crippen molar-refractivity contribution in [1.82, 2.24) is 0 Å². The Morgan fingerprint density at radius 3 is 0.899 bits per heavy atom. The maximum Gasteiger partial charge on any atom is 0.183 e. The first-order chi connectivity index (χ1) is 71.2. The van der Waals surface area contributed by atoms with Gasteiger partial charge in [0.05, 0.1) is 97.1 Å². The normalized spacial score (nSPS) is 14.8. The molecule has 0 radical (unpaired) electrons. The first kappa shape index (κ1) is 163. The zero-order chi connectivity index (χ0) is 112. The van der Waals surface area contributed by atoms with Crippen LogP contribution in [0.25, 0.3) is 0 Å². The lowest BCUT2D eigenvalue weighted by atomic mass is 9.94. The van der Waals surface area contributed by atoms with Crippen LogP contribution in [0.15, 0.2) is 60.7 Å². The topological polar surface area (TPSA) is 534 Å². The number of rotatable bonds is 82. The van der Waals surface area contributed by atoms with Gasteiger partial charge in [-0.25, -0.2) is 0 Å². The molecule has 36 heteroatoms. The summed E-state index contributed by atoms with van der Waals surface area (Å²) >= 11 is 0. The maximum absolute atomic E-state index is 5.84. The van der Waals surface area contributed by atoms with Crippen LogP contribution in [0.5, 0.6) is 0 Å². The Morgan fingerprint density at radius 1 is 0.236 bits per heavy atom. The monoisotopic (exact) mass is 2140 g/mol. The Hall–Kier alpha value is -3.00. The van der Waals surface area contributed by atoms with Crippen LogP contribution in [0.3, 0.4) is 0 Å². The highest BCUT2D eigenvalue weighted by molar-refractivity contribution is 5.17. The highest BCUT2D eigenvalue weighted by Crippen LogP contribution is 2.35. The molecule has 11 atom stereocenters. The molecule has 148 heavy (non-hydrogen) atoms. The van der Waals surface area contributed by atoms with Crippen molar-refractivity contribution < 1.29 is 114 Å². The molecule has 0 aliphatic heterocycles. The first-order valence-corrected chi connectivity index (χ1v) is 56.5. The summed E-state index contributed by atoms with van der Waals surface area (Å²) in [5, 5.41) is 0. The smallest absolute Gasteiger partial charge is 0.183 e. The second-order valence-corrected chi connectivity index (χ2v) is 35.3. The third-order valence-corrected chi connectivity index (χ3v) is 20.2. The number of unbranched alkanes of at least 4 members (excludes halogenated alkanes) is 3. The second-order valence-electron chi connectivity index (χ2n) is 35.3. The molecule has 2 aliphatic carbocycles. The summed E-state index contributed by atoms with van der Waals surface area (Å²) in [7, 11) is 0. The summed E-state index contributed by atoms with van der Waals surface area (Å²) in [6.07, 6.45) is 29.5. The van der Waals surface area contributed by atoms with Crippen LogP contribution in [0.1, 0.15) is 363 Å². The number of nitrogens with two attached hydrogens (primary N) is 12. The van der Waals surface area contributed by atoms with Gasteiger partial charge in [0, 0.05) is 155 Å². The summed E-state index contributed by atoms with van der Waals surface area (Å²) in [5.41, 5.74) is 66.2. The molecule has 2 saturated carbocycles. The van der Waals surface area contributed by atoms with Crippen molar-refractivity contribution in [3.8, 4) is 0 Å². The lowest BCUT2D eigenvalue weighted by Gasteiger charge is -2.36.